The molecule has 98 valence electrons. The molecule has 0 unspecified atom stereocenters. The zero-order chi connectivity index (χ0) is 14.6. The van der Waals surface area contributed by atoms with Crippen molar-refractivity contribution in [2.24, 2.45) is 0 Å². The first kappa shape index (κ1) is 14.5. The monoisotopic (exact) mass is 270 g/mol. The first-order valence-corrected chi connectivity index (χ1v) is 4.80. The molecule has 19 heavy (non-hydrogen) atoms. The second-order valence-electron chi connectivity index (χ2n) is 3.33. The molecular weight excluding hydrogens is 264 g/mol. The summed E-state index contributed by atoms with van der Waals surface area (Å²) in [5, 5.41) is 17.1. The van der Waals surface area contributed by atoms with Crippen LogP contribution < -0.4 is 4.74 Å². The van der Waals surface area contributed by atoms with Crippen molar-refractivity contribution < 1.29 is 22.3 Å². The van der Waals surface area contributed by atoms with Crippen molar-refractivity contribution in [3.8, 4) is 17.9 Å². The van der Waals surface area contributed by atoms with Gasteiger partial charge in [-0.2, -0.15) is 23.7 Å². The summed E-state index contributed by atoms with van der Waals surface area (Å²) in [6.07, 6.45) is -3.91. The maximum Gasteiger partial charge on any atom is 0.419 e. The Kier molecular flexibility index (Phi) is 4.13. The van der Waals surface area contributed by atoms with E-state index in [1.165, 1.54) is 12.1 Å². The molecule has 7 heteroatoms. The number of hydrogen-bond donors (Lipinski definition) is 0. The van der Waals surface area contributed by atoms with Gasteiger partial charge >= 0.3 is 6.18 Å². The van der Waals surface area contributed by atoms with Crippen molar-refractivity contribution in [2.75, 3.05) is 7.11 Å². The topological polar surface area (TPSA) is 56.8 Å². The minimum atomic E-state index is -4.85. The summed E-state index contributed by atoms with van der Waals surface area (Å²) in [5.74, 6) is -2.25. The van der Waals surface area contributed by atoms with E-state index < -0.39 is 23.3 Å². The van der Waals surface area contributed by atoms with Crippen LogP contribution in [0.1, 0.15) is 11.1 Å². The van der Waals surface area contributed by atoms with Gasteiger partial charge in [0.15, 0.2) is 11.6 Å². The number of methoxy groups -OCH3 is 1. The maximum absolute atomic E-state index is 13.6. The Bertz CT molecular complexity index is 590. The molecule has 0 fully saturated rings. The largest absolute Gasteiger partial charge is 0.493 e. The van der Waals surface area contributed by atoms with Gasteiger partial charge in [-0.1, -0.05) is 6.07 Å². The van der Waals surface area contributed by atoms with E-state index in [1.807, 2.05) is 0 Å². The summed E-state index contributed by atoms with van der Waals surface area (Å²) in [7, 11) is 0.994. The molecule has 0 aliphatic heterocycles. The molecule has 0 aliphatic rings. The van der Waals surface area contributed by atoms with Crippen LogP contribution in [0, 0.1) is 28.5 Å². The van der Waals surface area contributed by atoms with Gasteiger partial charge in [0, 0.05) is 5.56 Å². The van der Waals surface area contributed by atoms with Crippen molar-refractivity contribution in [2.45, 2.75) is 6.18 Å². The predicted molar refractivity (Wildman–Crippen MR) is 57.2 cm³/mol. The molecule has 0 aliphatic carbocycles. The lowest BCUT2D eigenvalue weighted by Gasteiger charge is -2.12. The van der Waals surface area contributed by atoms with Crippen molar-refractivity contribution in [1.29, 1.82) is 10.5 Å². The van der Waals surface area contributed by atoms with E-state index in [-0.39, 0.29) is 11.1 Å². The van der Waals surface area contributed by atoms with Gasteiger partial charge in [-0.05, 0) is 12.1 Å². The Morgan fingerprint density at radius 3 is 2.26 bits per heavy atom. The van der Waals surface area contributed by atoms with Crippen molar-refractivity contribution in [3.05, 3.63) is 34.6 Å². The normalized spacial score (nSPS) is 10.3. The molecule has 0 radical (unpaired) electrons. The first-order valence-electron chi connectivity index (χ1n) is 4.80. The molecule has 0 saturated heterocycles. The number of nitrogens with zero attached hydrogens (tertiary/aromatic N) is 2. The summed E-state index contributed by atoms with van der Waals surface area (Å²) in [4.78, 5) is 0. The van der Waals surface area contributed by atoms with E-state index >= 15 is 0 Å². The standard InChI is InChI=1S/C12H6F4N2O/c1-19-11-8(4-7(5-17)6-18)2-3-9(10(11)13)12(14,15)16/h2-4H,1H3. The van der Waals surface area contributed by atoms with Crippen molar-refractivity contribution in [3.63, 3.8) is 0 Å². The molecular formula is C12H6F4N2O. The minimum Gasteiger partial charge on any atom is -0.493 e. The van der Waals surface area contributed by atoms with E-state index in [4.69, 9.17) is 10.5 Å². The average molecular weight is 270 g/mol. The second-order valence-corrected chi connectivity index (χ2v) is 3.33. The van der Waals surface area contributed by atoms with Crippen LogP contribution in [0.2, 0.25) is 0 Å². The van der Waals surface area contributed by atoms with Gasteiger partial charge in [-0.3, -0.25) is 0 Å². The highest BCUT2D eigenvalue weighted by Gasteiger charge is 2.35. The van der Waals surface area contributed by atoms with Crippen LogP contribution in [0.5, 0.6) is 5.75 Å². The number of ether oxygens (including phenoxy) is 1. The number of allylic oxidation sites excluding steroid dienone is 1. The van der Waals surface area contributed by atoms with Gasteiger partial charge in [0.25, 0.3) is 0 Å². The second kappa shape index (κ2) is 5.40. The predicted octanol–water partition coefficient (Wildman–Crippen LogP) is 3.28. The van der Waals surface area contributed by atoms with Crippen molar-refractivity contribution >= 4 is 6.08 Å². The molecule has 1 aromatic carbocycles. The number of alkyl halides is 3. The van der Waals surface area contributed by atoms with E-state index in [9.17, 15) is 17.6 Å². The van der Waals surface area contributed by atoms with E-state index in [0.717, 1.165) is 19.3 Å². The Morgan fingerprint density at radius 1 is 1.26 bits per heavy atom. The average Bonchev–Trinajstić information content (AvgIpc) is 2.34. The van der Waals surface area contributed by atoms with Crippen LogP contribution in [0.15, 0.2) is 17.7 Å². The Hall–Kier alpha value is -2.54. The van der Waals surface area contributed by atoms with Crippen molar-refractivity contribution in [1.82, 2.24) is 0 Å². The number of hydrogen-bond acceptors (Lipinski definition) is 3. The zero-order valence-corrected chi connectivity index (χ0v) is 9.55. The molecule has 1 aromatic rings. The maximum atomic E-state index is 13.6. The van der Waals surface area contributed by atoms with Crippen LogP contribution in [-0.4, -0.2) is 7.11 Å². The molecule has 0 atom stereocenters. The van der Waals surface area contributed by atoms with Crippen LogP contribution in [0.25, 0.3) is 6.08 Å². The summed E-state index contributed by atoms with van der Waals surface area (Å²) in [6, 6.07) is 4.49. The number of benzene rings is 1. The van der Waals surface area contributed by atoms with Gasteiger partial charge in [0.2, 0.25) is 0 Å². The van der Waals surface area contributed by atoms with Gasteiger partial charge in [0.1, 0.15) is 17.7 Å². The summed E-state index contributed by atoms with van der Waals surface area (Å²) < 4.78 is 55.6. The van der Waals surface area contributed by atoms with Crippen LogP contribution >= 0.6 is 0 Å². The fourth-order valence-electron chi connectivity index (χ4n) is 1.36. The van der Waals surface area contributed by atoms with Gasteiger partial charge < -0.3 is 4.74 Å². The molecule has 0 amide bonds. The fraction of sp³-hybridized carbons (Fsp3) is 0.167. The third-order valence-corrected chi connectivity index (χ3v) is 2.18. The number of halogens is 4. The third kappa shape index (κ3) is 3.02. The zero-order valence-electron chi connectivity index (χ0n) is 9.55. The highest BCUT2D eigenvalue weighted by molar-refractivity contribution is 5.67. The summed E-state index contributed by atoms with van der Waals surface area (Å²) >= 11 is 0. The lowest BCUT2D eigenvalue weighted by Crippen LogP contribution is -2.09. The number of nitriles is 2. The molecule has 3 nitrogen and oxygen atoms in total. The van der Waals surface area contributed by atoms with E-state index in [0.29, 0.717) is 6.07 Å². The highest BCUT2D eigenvalue weighted by Crippen LogP contribution is 2.37. The highest BCUT2D eigenvalue weighted by atomic mass is 19.4. The smallest absolute Gasteiger partial charge is 0.419 e. The lowest BCUT2D eigenvalue weighted by molar-refractivity contribution is -0.140. The Labute approximate surface area is 105 Å². The number of rotatable bonds is 2. The van der Waals surface area contributed by atoms with Crippen LogP contribution in [0.3, 0.4) is 0 Å². The summed E-state index contributed by atoms with van der Waals surface area (Å²) in [6.45, 7) is 0. The molecule has 0 bridgehead atoms. The quantitative estimate of drug-likeness (QED) is 0.612. The van der Waals surface area contributed by atoms with Crippen LogP contribution in [0.4, 0.5) is 17.6 Å². The SMILES string of the molecule is COc1c(C=C(C#N)C#N)ccc(C(F)(F)F)c1F. The first-order chi connectivity index (χ1) is 8.85. The summed E-state index contributed by atoms with van der Waals surface area (Å²) in [5.41, 5.74) is -1.97. The lowest BCUT2D eigenvalue weighted by atomic mass is 10.1. The van der Waals surface area contributed by atoms with Crippen LogP contribution in [-0.2, 0) is 6.18 Å². The van der Waals surface area contributed by atoms with Gasteiger partial charge in [-0.15, -0.1) is 0 Å². The fourth-order valence-corrected chi connectivity index (χ4v) is 1.36. The third-order valence-electron chi connectivity index (χ3n) is 2.18. The van der Waals surface area contributed by atoms with E-state index in [1.54, 1.807) is 0 Å². The molecule has 0 heterocycles. The molecule has 1 rings (SSSR count). The molecule has 0 aromatic heterocycles. The molecule has 0 N–H and O–H groups in total. The Balaban J connectivity index is 3.49. The van der Waals surface area contributed by atoms with Gasteiger partial charge in [0.05, 0.1) is 12.7 Å². The van der Waals surface area contributed by atoms with E-state index in [2.05, 4.69) is 4.74 Å². The Morgan fingerprint density at radius 2 is 1.84 bits per heavy atom. The molecule has 0 saturated carbocycles. The van der Waals surface area contributed by atoms with Gasteiger partial charge in [-0.25, -0.2) is 4.39 Å². The minimum absolute atomic E-state index is 0.119. The molecule has 0 spiro atoms.